The Balaban J connectivity index is 1.49. The minimum absolute atomic E-state index is 0.194. The van der Waals surface area contributed by atoms with Gasteiger partial charge in [0.2, 0.25) is 0 Å². The van der Waals surface area contributed by atoms with Crippen LogP contribution in [0.4, 0.5) is 0 Å². The van der Waals surface area contributed by atoms with Gasteiger partial charge in [0.05, 0.1) is 52.9 Å². The second kappa shape index (κ2) is 21.7. The Hall–Kier alpha value is -3.09. The standard InChI is InChI=1S/C29H38O10S/c1-3-29(31)39-23-19-35-15-14-34-18-22-38-26-6-10-28(11-7-26)40-27-8-4-25(5-9-27)37-21-17-33-13-12-32-16-20-36-24(2)30/h3-11H,1,12-23H2,2H3. The van der Waals surface area contributed by atoms with E-state index in [0.717, 1.165) is 27.4 Å². The van der Waals surface area contributed by atoms with Crippen molar-refractivity contribution in [1.29, 1.82) is 0 Å². The fourth-order valence-electron chi connectivity index (χ4n) is 2.93. The van der Waals surface area contributed by atoms with Crippen molar-refractivity contribution in [2.75, 3.05) is 79.3 Å². The zero-order chi connectivity index (χ0) is 28.7. The number of benzene rings is 2. The molecule has 0 heterocycles. The Kier molecular flexibility index (Phi) is 18.0. The van der Waals surface area contributed by atoms with Crippen molar-refractivity contribution in [3.63, 3.8) is 0 Å². The van der Waals surface area contributed by atoms with Crippen LogP contribution in [0.2, 0.25) is 0 Å². The molecule has 0 aliphatic carbocycles. The fraction of sp³-hybridized carbons (Fsp3) is 0.448. The van der Waals surface area contributed by atoms with E-state index >= 15 is 0 Å². The molecule has 0 fully saturated rings. The SMILES string of the molecule is C=CC(=O)OCCOCCOCCOc1ccc(Sc2ccc(OCCOCCOCCOC(C)=O)cc2)cc1. The van der Waals surface area contributed by atoms with Crippen molar-refractivity contribution in [2.45, 2.75) is 16.7 Å². The lowest BCUT2D eigenvalue weighted by Crippen LogP contribution is -2.13. The van der Waals surface area contributed by atoms with Crippen LogP contribution < -0.4 is 9.47 Å². The average molecular weight is 579 g/mol. The number of ether oxygens (including phenoxy) is 8. The first-order chi connectivity index (χ1) is 19.6. The number of hydrogen-bond acceptors (Lipinski definition) is 11. The Morgan fingerprint density at radius 2 is 0.975 bits per heavy atom. The van der Waals surface area contributed by atoms with Gasteiger partial charge < -0.3 is 37.9 Å². The largest absolute Gasteiger partial charge is 0.491 e. The summed E-state index contributed by atoms with van der Waals surface area (Å²) in [6.07, 6.45) is 1.12. The van der Waals surface area contributed by atoms with Crippen LogP contribution in [-0.2, 0) is 38.0 Å². The van der Waals surface area contributed by atoms with Gasteiger partial charge in [-0.05, 0) is 48.5 Å². The summed E-state index contributed by atoms with van der Waals surface area (Å²) in [6.45, 7) is 9.31. The molecule has 0 bridgehead atoms. The molecule has 0 saturated heterocycles. The molecule has 0 aromatic heterocycles. The van der Waals surface area contributed by atoms with Gasteiger partial charge in [-0.15, -0.1) is 0 Å². The van der Waals surface area contributed by atoms with Crippen LogP contribution in [0.1, 0.15) is 6.92 Å². The third-order valence-electron chi connectivity index (χ3n) is 4.79. The molecule has 220 valence electrons. The molecule has 0 unspecified atom stereocenters. The van der Waals surface area contributed by atoms with Crippen molar-refractivity contribution in [3.8, 4) is 11.5 Å². The van der Waals surface area contributed by atoms with Crippen LogP contribution in [0.15, 0.2) is 71.0 Å². The molecule has 0 saturated carbocycles. The van der Waals surface area contributed by atoms with Gasteiger partial charge >= 0.3 is 11.9 Å². The lowest BCUT2D eigenvalue weighted by Gasteiger charge is -2.09. The summed E-state index contributed by atoms with van der Waals surface area (Å²) in [7, 11) is 0. The quantitative estimate of drug-likeness (QED) is 0.109. The second-order valence-corrected chi connectivity index (χ2v) is 9.05. The van der Waals surface area contributed by atoms with Gasteiger partial charge in [-0.1, -0.05) is 18.3 Å². The summed E-state index contributed by atoms with van der Waals surface area (Å²) < 4.78 is 42.5. The van der Waals surface area contributed by atoms with E-state index in [1.165, 1.54) is 6.92 Å². The van der Waals surface area contributed by atoms with Gasteiger partial charge in [0.1, 0.15) is 37.9 Å². The number of hydrogen-bond donors (Lipinski definition) is 0. The summed E-state index contributed by atoms with van der Waals surface area (Å²) in [4.78, 5) is 23.7. The summed E-state index contributed by atoms with van der Waals surface area (Å²) >= 11 is 1.65. The zero-order valence-corrected chi connectivity index (χ0v) is 23.7. The van der Waals surface area contributed by atoms with E-state index in [0.29, 0.717) is 66.1 Å². The highest BCUT2D eigenvalue weighted by Crippen LogP contribution is 2.30. The maximum Gasteiger partial charge on any atom is 0.330 e. The fourth-order valence-corrected chi connectivity index (χ4v) is 3.75. The average Bonchev–Trinajstić information content (AvgIpc) is 2.96. The predicted molar refractivity (Wildman–Crippen MR) is 149 cm³/mol. The first kappa shape index (κ1) is 33.1. The Labute approximate surface area is 239 Å². The molecule has 0 aliphatic rings. The Morgan fingerprint density at radius 3 is 1.38 bits per heavy atom. The monoisotopic (exact) mass is 578 g/mol. The lowest BCUT2D eigenvalue weighted by atomic mass is 10.3. The van der Waals surface area contributed by atoms with E-state index in [-0.39, 0.29) is 19.2 Å². The van der Waals surface area contributed by atoms with E-state index in [2.05, 4.69) is 6.58 Å². The van der Waals surface area contributed by atoms with E-state index in [1.54, 1.807) is 11.8 Å². The van der Waals surface area contributed by atoms with Gasteiger partial charge in [0.25, 0.3) is 0 Å². The molecule has 2 aromatic rings. The molecule has 0 N–H and O–H groups in total. The highest BCUT2D eigenvalue weighted by atomic mass is 32.2. The highest BCUT2D eigenvalue weighted by molar-refractivity contribution is 7.99. The predicted octanol–water partition coefficient (Wildman–Crippen LogP) is 3.95. The van der Waals surface area contributed by atoms with Crippen LogP contribution in [-0.4, -0.2) is 91.2 Å². The summed E-state index contributed by atoms with van der Waals surface area (Å²) in [5.41, 5.74) is 0. The normalized spacial score (nSPS) is 10.6. The maximum absolute atomic E-state index is 10.9. The number of carbonyl (C=O) groups excluding carboxylic acids is 2. The third kappa shape index (κ3) is 16.8. The topological polar surface area (TPSA) is 108 Å². The zero-order valence-electron chi connectivity index (χ0n) is 22.9. The van der Waals surface area contributed by atoms with Crippen LogP contribution in [0, 0.1) is 0 Å². The van der Waals surface area contributed by atoms with Gasteiger partial charge in [0.15, 0.2) is 0 Å². The maximum atomic E-state index is 10.9. The van der Waals surface area contributed by atoms with Crippen LogP contribution in [0.3, 0.4) is 0 Å². The van der Waals surface area contributed by atoms with Gasteiger partial charge in [-0.2, -0.15) is 0 Å². The smallest absolute Gasteiger partial charge is 0.330 e. The Morgan fingerprint density at radius 1 is 0.600 bits per heavy atom. The third-order valence-corrected chi connectivity index (χ3v) is 5.81. The van der Waals surface area contributed by atoms with Crippen molar-refractivity contribution in [2.24, 2.45) is 0 Å². The van der Waals surface area contributed by atoms with Gasteiger partial charge in [-0.25, -0.2) is 4.79 Å². The van der Waals surface area contributed by atoms with Crippen molar-refractivity contribution < 1.29 is 47.5 Å². The molecule has 11 heteroatoms. The molecule has 2 rings (SSSR count). The first-order valence-corrected chi connectivity index (χ1v) is 13.8. The molecular weight excluding hydrogens is 540 g/mol. The molecule has 2 aromatic carbocycles. The van der Waals surface area contributed by atoms with Gasteiger partial charge in [-0.3, -0.25) is 4.79 Å². The number of rotatable bonds is 23. The highest BCUT2D eigenvalue weighted by Gasteiger charge is 2.02. The molecule has 10 nitrogen and oxygen atoms in total. The van der Waals surface area contributed by atoms with Gasteiger partial charge in [0, 0.05) is 22.8 Å². The second-order valence-electron chi connectivity index (χ2n) is 7.90. The molecule has 40 heavy (non-hydrogen) atoms. The Bertz CT molecular complexity index is 966. The summed E-state index contributed by atoms with van der Waals surface area (Å²) in [6, 6.07) is 15.8. The molecule has 0 amide bonds. The molecule has 0 aliphatic heterocycles. The van der Waals surface area contributed by atoms with E-state index in [1.807, 2.05) is 48.5 Å². The molecule has 0 radical (unpaired) electrons. The van der Waals surface area contributed by atoms with E-state index in [9.17, 15) is 9.59 Å². The van der Waals surface area contributed by atoms with Crippen molar-refractivity contribution in [3.05, 3.63) is 61.2 Å². The minimum atomic E-state index is -0.461. The molecule has 0 spiro atoms. The van der Waals surface area contributed by atoms with Crippen molar-refractivity contribution in [1.82, 2.24) is 0 Å². The molecular formula is C29H38O10S. The lowest BCUT2D eigenvalue weighted by molar-refractivity contribution is -0.142. The molecule has 0 atom stereocenters. The minimum Gasteiger partial charge on any atom is -0.491 e. The van der Waals surface area contributed by atoms with Crippen LogP contribution in [0.5, 0.6) is 11.5 Å². The number of esters is 2. The van der Waals surface area contributed by atoms with Crippen molar-refractivity contribution >= 4 is 23.7 Å². The van der Waals surface area contributed by atoms with Crippen LogP contribution >= 0.6 is 11.8 Å². The summed E-state index contributed by atoms with van der Waals surface area (Å²) in [5.74, 6) is 0.772. The summed E-state index contributed by atoms with van der Waals surface area (Å²) in [5, 5.41) is 0. The number of carbonyl (C=O) groups is 2. The first-order valence-electron chi connectivity index (χ1n) is 12.9. The van der Waals surface area contributed by atoms with Crippen LogP contribution in [0.25, 0.3) is 0 Å². The van der Waals surface area contributed by atoms with E-state index < -0.39 is 5.97 Å². The van der Waals surface area contributed by atoms with E-state index in [4.69, 9.17) is 37.9 Å².